The summed E-state index contributed by atoms with van der Waals surface area (Å²) >= 11 is 0. The average Bonchev–Trinajstić information content (AvgIpc) is 3.67. The van der Waals surface area contributed by atoms with Crippen LogP contribution in [0.25, 0.3) is 28.0 Å². The molecule has 2 amide bonds. The molecule has 0 saturated carbocycles. The number of anilines is 2. The van der Waals surface area contributed by atoms with E-state index < -0.39 is 17.6 Å². The third-order valence-corrected chi connectivity index (χ3v) is 6.46. The molecule has 0 fully saturated rings. The van der Waals surface area contributed by atoms with Gasteiger partial charge in [0.2, 0.25) is 5.91 Å². The van der Waals surface area contributed by atoms with Crippen LogP contribution < -0.4 is 10.6 Å². The highest BCUT2D eigenvalue weighted by Gasteiger charge is 2.31. The second-order valence-corrected chi connectivity index (χ2v) is 9.37. The Balaban J connectivity index is 1.21. The van der Waals surface area contributed by atoms with Crippen molar-refractivity contribution in [2.24, 2.45) is 0 Å². The standard InChI is InChI=1S/C29H20F3N9O2/c30-29(31,32)20-5-1-4-19(13-20)28(43)36-22-6-2-3-18(14-22)24-11-12-33-27-23(16-34-41(24)27)17-7-9-21(10-8-17)35-26(42)15-25-37-39-40-38-25/h1-14,16H,15H2,(H,35,42)(H,36,43)(H,37,38,39,40). The number of alkyl halides is 3. The van der Waals surface area contributed by atoms with Gasteiger partial charge in [0.15, 0.2) is 11.5 Å². The molecule has 14 heteroatoms. The second kappa shape index (κ2) is 11.2. The number of benzene rings is 3. The van der Waals surface area contributed by atoms with E-state index in [0.29, 0.717) is 28.3 Å². The lowest BCUT2D eigenvalue weighted by atomic mass is 10.1. The van der Waals surface area contributed by atoms with Crippen LogP contribution in [0.5, 0.6) is 0 Å². The Hall–Kier alpha value is -5.92. The minimum absolute atomic E-state index is 0.0187. The number of amides is 2. The molecule has 3 N–H and O–H groups in total. The maximum atomic E-state index is 13.1. The number of hydrogen-bond acceptors (Lipinski definition) is 7. The van der Waals surface area contributed by atoms with E-state index in [1.54, 1.807) is 53.3 Å². The van der Waals surface area contributed by atoms with Gasteiger partial charge in [-0.25, -0.2) is 9.50 Å². The van der Waals surface area contributed by atoms with Crippen molar-refractivity contribution in [2.45, 2.75) is 12.6 Å². The molecule has 0 atom stereocenters. The van der Waals surface area contributed by atoms with E-state index in [2.05, 4.69) is 41.3 Å². The minimum Gasteiger partial charge on any atom is -0.326 e. The maximum absolute atomic E-state index is 13.1. The van der Waals surface area contributed by atoms with Gasteiger partial charge in [0.1, 0.15) is 0 Å². The highest BCUT2D eigenvalue weighted by molar-refractivity contribution is 6.04. The molecule has 3 aromatic carbocycles. The van der Waals surface area contributed by atoms with Gasteiger partial charge in [0.05, 0.1) is 23.9 Å². The van der Waals surface area contributed by atoms with Gasteiger partial charge in [-0.2, -0.15) is 23.5 Å². The molecule has 0 aliphatic heterocycles. The number of tetrazole rings is 1. The fourth-order valence-corrected chi connectivity index (χ4v) is 4.45. The lowest BCUT2D eigenvalue weighted by Crippen LogP contribution is -2.15. The van der Waals surface area contributed by atoms with Crippen molar-refractivity contribution in [1.29, 1.82) is 0 Å². The first-order valence-electron chi connectivity index (χ1n) is 12.8. The minimum atomic E-state index is -4.56. The van der Waals surface area contributed by atoms with Gasteiger partial charge < -0.3 is 10.6 Å². The molecule has 11 nitrogen and oxygen atoms in total. The first kappa shape index (κ1) is 27.3. The predicted molar refractivity (Wildman–Crippen MR) is 150 cm³/mol. The average molecular weight is 584 g/mol. The number of hydrogen-bond donors (Lipinski definition) is 3. The van der Waals surface area contributed by atoms with Crippen LogP contribution in [0.2, 0.25) is 0 Å². The molecule has 0 saturated heterocycles. The van der Waals surface area contributed by atoms with Crippen LogP contribution in [0.4, 0.5) is 24.5 Å². The number of halogens is 3. The lowest BCUT2D eigenvalue weighted by molar-refractivity contribution is -0.137. The summed E-state index contributed by atoms with van der Waals surface area (Å²) < 4.78 is 40.9. The van der Waals surface area contributed by atoms with Crippen LogP contribution in [-0.2, 0) is 17.4 Å². The Labute approximate surface area is 240 Å². The van der Waals surface area contributed by atoms with E-state index in [9.17, 15) is 22.8 Å². The number of fused-ring (bicyclic) bond motifs is 1. The summed E-state index contributed by atoms with van der Waals surface area (Å²) in [5, 5.41) is 23.2. The summed E-state index contributed by atoms with van der Waals surface area (Å²) in [7, 11) is 0. The quantitative estimate of drug-likeness (QED) is 0.239. The summed E-state index contributed by atoms with van der Waals surface area (Å²) in [5.41, 5.74) is 3.49. The van der Waals surface area contributed by atoms with Crippen LogP contribution in [0, 0.1) is 0 Å². The molecule has 0 aliphatic rings. The number of carbonyl (C=O) groups excluding carboxylic acids is 2. The summed E-state index contributed by atoms with van der Waals surface area (Å²) in [6.45, 7) is 0. The van der Waals surface area contributed by atoms with Gasteiger partial charge in [0.25, 0.3) is 5.91 Å². The van der Waals surface area contributed by atoms with Crippen molar-refractivity contribution < 1.29 is 22.8 Å². The van der Waals surface area contributed by atoms with Crippen molar-refractivity contribution in [3.8, 4) is 22.4 Å². The molecule has 3 aromatic heterocycles. The number of carbonyl (C=O) groups is 2. The Morgan fingerprint density at radius 3 is 2.47 bits per heavy atom. The number of nitrogens with zero attached hydrogens (tertiary/aromatic N) is 6. The third kappa shape index (κ3) is 5.93. The molecule has 6 rings (SSSR count). The number of rotatable bonds is 7. The van der Waals surface area contributed by atoms with E-state index in [1.807, 2.05) is 18.2 Å². The lowest BCUT2D eigenvalue weighted by Gasteiger charge is -2.11. The fraction of sp³-hybridized carbons (Fsp3) is 0.0690. The zero-order chi connectivity index (χ0) is 30.0. The van der Waals surface area contributed by atoms with E-state index in [-0.39, 0.29) is 23.7 Å². The fourth-order valence-electron chi connectivity index (χ4n) is 4.45. The van der Waals surface area contributed by atoms with E-state index >= 15 is 0 Å². The van der Waals surface area contributed by atoms with E-state index in [0.717, 1.165) is 23.3 Å². The van der Waals surface area contributed by atoms with Gasteiger partial charge in [-0.1, -0.05) is 35.5 Å². The predicted octanol–water partition coefficient (Wildman–Crippen LogP) is 5.03. The van der Waals surface area contributed by atoms with Crippen LogP contribution in [0.3, 0.4) is 0 Å². The molecule has 3 heterocycles. The molecule has 43 heavy (non-hydrogen) atoms. The molecule has 214 valence electrons. The summed E-state index contributed by atoms with van der Waals surface area (Å²) in [4.78, 5) is 29.5. The van der Waals surface area contributed by atoms with Crippen molar-refractivity contribution >= 4 is 28.8 Å². The summed E-state index contributed by atoms with van der Waals surface area (Å²) in [6.07, 6.45) is -1.26. The monoisotopic (exact) mass is 583 g/mol. The molecular weight excluding hydrogens is 563 g/mol. The molecule has 6 aromatic rings. The Kier molecular flexibility index (Phi) is 7.07. The smallest absolute Gasteiger partial charge is 0.326 e. The van der Waals surface area contributed by atoms with Crippen LogP contribution in [-0.4, -0.2) is 47.0 Å². The summed E-state index contributed by atoms with van der Waals surface area (Å²) in [6, 6.07) is 20.1. The molecule has 0 spiro atoms. The van der Waals surface area contributed by atoms with Gasteiger partial charge in [0, 0.05) is 34.3 Å². The van der Waals surface area contributed by atoms with Crippen LogP contribution in [0.15, 0.2) is 91.3 Å². The normalized spacial score (nSPS) is 11.4. The molecule has 0 bridgehead atoms. The second-order valence-electron chi connectivity index (χ2n) is 9.37. The van der Waals surface area contributed by atoms with Gasteiger partial charge >= 0.3 is 6.18 Å². The highest BCUT2D eigenvalue weighted by Crippen LogP contribution is 2.31. The number of aromatic amines is 1. The van der Waals surface area contributed by atoms with E-state index in [1.165, 1.54) is 12.1 Å². The van der Waals surface area contributed by atoms with Crippen molar-refractivity contribution in [1.82, 2.24) is 35.2 Å². The Morgan fingerprint density at radius 1 is 0.884 bits per heavy atom. The summed E-state index contributed by atoms with van der Waals surface area (Å²) in [5.74, 6) is -0.672. The Morgan fingerprint density at radius 2 is 1.70 bits per heavy atom. The highest BCUT2D eigenvalue weighted by atomic mass is 19.4. The molecule has 0 aliphatic carbocycles. The number of H-pyrrole nitrogens is 1. The van der Waals surface area contributed by atoms with Gasteiger partial charge in [-0.05, 0) is 54.1 Å². The topological polar surface area (TPSA) is 143 Å². The van der Waals surface area contributed by atoms with Crippen LogP contribution >= 0.6 is 0 Å². The van der Waals surface area contributed by atoms with E-state index in [4.69, 9.17) is 0 Å². The zero-order valence-electron chi connectivity index (χ0n) is 22.0. The SMILES string of the molecule is O=C(Cc1nn[nH]n1)Nc1ccc(-c2cnn3c(-c4cccc(NC(=O)c5cccc(C(F)(F)F)c5)c4)ccnc23)cc1. The van der Waals surface area contributed by atoms with Gasteiger partial charge in [-0.15, -0.1) is 10.2 Å². The first-order chi connectivity index (χ1) is 20.7. The molecule has 0 radical (unpaired) electrons. The third-order valence-electron chi connectivity index (χ3n) is 6.46. The molecule has 0 unspecified atom stereocenters. The first-order valence-corrected chi connectivity index (χ1v) is 12.8. The van der Waals surface area contributed by atoms with Crippen molar-refractivity contribution in [2.75, 3.05) is 10.6 Å². The number of nitrogens with one attached hydrogen (secondary N) is 3. The van der Waals surface area contributed by atoms with Crippen molar-refractivity contribution in [3.63, 3.8) is 0 Å². The van der Waals surface area contributed by atoms with Crippen LogP contribution in [0.1, 0.15) is 21.7 Å². The molecular formula is C29H20F3N9O2. The largest absolute Gasteiger partial charge is 0.416 e. The van der Waals surface area contributed by atoms with Gasteiger partial charge in [-0.3, -0.25) is 9.59 Å². The Bertz CT molecular complexity index is 1940. The number of aromatic nitrogens is 7. The van der Waals surface area contributed by atoms with Crippen molar-refractivity contribution in [3.05, 3.63) is 108 Å². The maximum Gasteiger partial charge on any atom is 0.416 e. The zero-order valence-corrected chi connectivity index (χ0v) is 22.0.